The molecule has 156 valence electrons. The number of anilines is 1. The van der Waals surface area contributed by atoms with Crippen molar-refractivity contribution >= 4 is 21.6 Å². The lowest BCUT2D eigenvalue weighted by Gasteiger charge is -2.12. The van der Waals surface area contributed by atoms with Gasteiger partial charge in [0.25, 0.3) is 10.0 Å². The Morgan fingerprint density at radius 3 is 2.23 bits per heavy atom. The van der Waals surface area contributed by atoms with Crippen molar-refractivity contribution in [2.24, 2.45) is 0 Å². The minimum atomic E-state index is -3.86. The molecule has 3 rings (SSSR count). The Bertz CT molecular complexity index is 1110. The van der Waals surface area contributed by atoms with Gasteiger partial charge in [-0.05, 0) is 53.8 Å². The van der Waals surface area contributed by atoms with E-state index in [1.807, 2.05) is 30.3 Å². The molecular formula is C23H24N2O4S. The van der Waals surface area contributed by atoms with Crippen LogP contribution in [0, 0.1) is 0 Å². The molecule has 3 aromatic rings. The molecule has 0 spiro atoms. The number of hydrogen-bond acceptors (Lipinski definition) is 4. The van der Waals surface area contributed by atoms with Crippen LogP contribution in [0.2, 0.25) is 0 Å². The van der Waals surface area contributed by atoms with Gasteiger partial charge >= 0.3 is 0 Å². The molecule has 0 saturated heterocycles. The Kier molecular flexibility index (Phi) is 6.74. The maximum Gasteiger partial charge on any atom is 0.262 e. The van der Waals surface area contributed by atoms with Crippen molar-refractivity contribution in [1.29, 1.82) is 0 Å². The number of carbonyl (C=O) groups is 1. The molecule has 0 heterocycles. The molecule has 0 bridgehead atoms. The first-order valence-electron chi connectivity index (χ1n) is 9.55. The standard InChI is InChI=1S/C23H24N2O4S/c1-17(26)24-14-13-18-7-10-21(11-8-18)30(28,29)25-22-16-20(9-12-23(22)27)15-19-5-3-2-4-6-19/h2-12,16,25,27H,13-15H2,1H3,(H,24,26). The summed E-state index contributed by atoms with van der Waals surface area (Å²) in [7, 11) is -3.86. The van der Waals surface area contributed by atoms with E-state index >= 15 is 0 Å². The van der Waals surface area contributed by atoms with Crippen molar-refractivity contribution in [2.75, 3.05) is 11.3 Å². The van der Waals surface area contributed by atoms with Gasteiger partial charge < -0.3 is 10.4 Å². The van der Waals surface area contributed by atoms with Crippen LogP contribution in [-0.2, 0) is 27.7 Å². The van der Waals surface area contributed by atoms with Gasteiger partial charge in [-0.15, -0.1) is 0 Å². The zero-order valence-electron chi connectivity index (χ0n) is 16.6. The van der Waals surface area contributed by atoms with Crippen molar-refractivity contribution in [3.05, 3.63) is 89.5 Å². The van der Waals surface area contributed by atoms with Crippen LogP contribution in [0.25, 0.3) is 0 Å². The molecular weight excluding hydrogens is 400 g/mol. The average Bonchev–Trinajstić information content (AvgIpc) is 2.71. The van der Waals surface area contributed by atoms with Crippen molar-refractivity contribution in [3.63, 3.8) is 0 Å². The van der Waals surface area contributed by atoms with Crippen LogP contribution in [0.5, 0.6) is 5.75 Å². The third-order valence-electron chi connectivity index (χ3n) is 4.58. The molecule has 0 aliphatic heterocycles. The summed E-state index contributed by atoms with van der Waals surface area (Å²) in [5, 5.41) is 12.8. The predicted molar refractivity (Wildman–Crippen MR) is 117 cm³/mol. The lowest BCUT2D eigenvalue weighted by Crippen LogP contribution is -2.22. The number of amides is 1. The van der Waals surface area contributed by atoms with Crippen LogP contribution in [0.1, 0.15) is 23.6 Å². The maximum absolute atomic E-state index is 12.8. The van der Waals surface area contributed by atoms with Crippen molar-refractivity contribution in [2.45, 2.75) is 24.7 Å². The van der Waals surface area contributed by atoms with E-state index < -0.39 is 10.0 Å². The van der Waals surface area contributed by atoms with Crippen LogP contribution in [0.3, 0.4) is 0 Å². The van der Waals surface area contributed by atoms with Crippen LogP contribution in [0.4, 0.5) is 5.69 Å². The van der Waals surface area contributed by atoms with E-state index in [1.165, 1.54) is 25.1 Å². The predicted octanol–water partition coefficient (Wildman–Crippen LogP) is 3.46. The third kappa shape index (κ3) is 5.84. The third-order valence-corrected chi connectivity index (χ3v) is 5.96. The maximum atomic E-state index is 12.8. The highest BCUT2D eigenvalue weighted by atomic mass is 32.2. The average molecular weight is 425 g/mol. The summed E-state index contributed by atoms with van der Waals surface area (Å²) in [6.45, 7) is 1.94. The lowest BCUT2D eigenvalue weighted by molar-refractivity contribution is -0.118. The number of phenols is 1. The molecule has 0 fully saturated rings. The summed E-state index contributed by atoms with van der Waals surface area (Å²) in [6, 6.07) is 21.1. The molecule has 1 amide bonds. The molecule has 0 aromatic heterocycles. The molecule has 0 radical (unpaired) electrons. The normalized spacial score (nSPS) is 11.1. The first-order chi connectivity index (χ1) is 14.3. The second-order valence-electron chi connectivity index (χ2n) is 7.00. The first-order valence-corrected chi connectivity index (χ1v) is 11.0. The summed E-state index contributed by atoms with van der Waals surface area (Å²) in [5.41, 5.74) is 3.02. The van der Waals surface area contributed by atoms with Gasteiger partial charge in [0.15, 0.2) is 0 Å². The monoisotopic (exact) mass is 424 g/mol. The summed E-state index contributed by atoms with van der Waals surface area (Å²) in [4.78, 5) is 11.0. The number of rotatable bonds is 8. The first kappa shape index (κ1) is 21.4. The number of sulfonamides is 1. The highest BCUT2D eigenvalue weighted by Crippen LogP contribution is 2.28. The van der Waals surface area contributed by atoms with Gasteiger partial charge in [-0.25, -0.2) is 8.42 Å². The Morgan fingerprint density at radius 1 is 0.900 bits per heavy atom. The minimum Gasteiger partial charge on any atom is -0.506 e. The van der Waals surface area contributed by atoms with Crippen LogP contribution >= 0.6 is 0 Å². The number of nitrogens with one attached hydrogen (secondary N) is 2. The van der Waals surface area contributed by atoms with E-state index in [9.17, 15) is 18.3 Å². The largest absolute Gasteiger partial charge is 0.506 e. The van der Waals surface area contributed by atoms with E-state index in [0.29, 0.717) is 19.4 Å². The van der Waals surface area contributed by atoms with E-state index in [-0.39, 0.29) is 22.2 Å². The molecule has 3 N–H and O–H groups in total. The Balaban J connectivity index is 1.73. The smallest absolute Gasteiger partial charge is 0.262 e. The van der Waals surface area contributed by atoms with Crippen LogP contribution in [-0.4, -0.2) is 26.0 Å². The highest BCUT2D eigenvalue weighted by molar-refractivity contribution is 7.92. The van der Waals surface area contributed by atoms with E-state index in [4.69, 9.17) is 0 Å². The summed E-state index contributed by atoms with van der Waals surface area (Å²) in [6.07, 6.45) is 1.23. The summed E-state index contributed by atoms with van der Waals surface area (Å²) >= 11 is 0. The summed E-state index contributed by atoms with van der Waals surface area (Å²) in [5.74, 6) is -0.241. The highest BCUT2D eigenvalue weighted by Gasteiger charge is 2.16. The molecule has 3 aromatic carbocycles. The quantitative estimate of drug-likeness (QED) is 0.483. The number of benzene rings is 3. The fourth-order valence-corrected chi connectivity index (χ4v) is 4.09. The van der Waals surface area contributed by atoms with Gasteiger partial charge in [0, 0.05) is 13.5 Å². The molecule has 6 nitrogen and oxygen atoms in total. The van der Waals surface area contributed by atoms with Crippen molar-refractivity contribution < 1.29 is 18.3 Å². The molecule has 0 aliphatic rings. The second kappa shape index (κ2) is 9.45. The van der Waals surface area contributed by atoms with Crippen LogP contribution in [0.15, 0.2) is 77.7 Å². The SMILES string of the molecule is CC(=O)NCCc1ccc(S(=O)(=O)Nc2cc(Cc3ccccc3)ccc2O)cc1. The zero-order chi connectivity index (χ0) is 21.6. The second-order valence-corrected chi connectivity index (χ2v) is 8.68. The fourth-order valence-electron chi connectivity index (χ4n) is 3.03. The Labute approximate surface area is 176 Å². The number of carbonyl (C=O) groups excluding carboxylic acids is 1. The molecule has 0 aliphatic carbocycles. The van der Waals surface area contributed by atoms with E-state index in [1.54, 1.807) is 24.3 Å². The minimum absolute atomic E-state index is 0.0960. The van der Waals surface area contributed by atoms with Gasteiger partial charge in [-0.1, -0.05) is 48.5 Å². The molecule has 30 heavy (non-hydrogen) atoms. The zero-order valence-corrected chi connectivity index (χ0v) is 17.4. The molecule has 0 saturated carbocycles. The Hall–Kier alpha value is -3.32. The molecule has 0 unspecified atom stereocenters. The van der Waals surface area contributed by atoms with E-state index in [0.717, 1.165) is 16.7 Å². The number of phenolic OH excluding ortho intramolecular Hbond substituents is 1. The van der Waals surface area contributed by atoms with Crippen LogP contribution < -0.4 is 10.0 Å². The Morgan fingerprint density at radius 2 is 1.57 bits per heavy atom. The topological polar surface area (TPSA) is 95.5 Å². The van der Waals surface area contributed by atoms with Gasteiger partial charge in [0.2, 0.25) is 5.91 Å². The number of aromatic hydroxyl groups is 1. The van der Waals surface area contributed by atoms with Gasteiger partial charge in [-0.3, -0.25) is 9.52 Å². The van der Waals surface area contributed by atoms with Crippen molar-refractivity contribution in [1.82, 2.24) is 5.32 Å². The lowest BCUT2D eigenvalue weighted by atomic mass is 10.0. The molecule has 7 heteroatoms. The van der Waals surface area contributed by atoms with Gasteiger partial charge in [-0.2, -0.15) is 0 Å². The van der Waals surface area contributed by atoms with Crippen molar-refractivity contribution in [3.8, 4) is 5.75 Å². The molecule has 0 atom stereocenters. The summed E-state index contributed by atoms with van der Waals surface area (Å²) < 4.78 is 28.0. The van der Waals surface area contributed by atoms with Gasteiger partial charge in [0.05, 0.1) is 10.6 Å². The van der Waals surface area contributed by atoms with E-state index in [2.05, 4.69) is 10.0 Å². The number of hydrogen-bond donors (Lipinski definition) is 3. The van der Waals surface area contributed by atoms with Gasteiger partial charge in [0.1, 0.15) is 5.75 Å². The fraction of sp³-hybridized carbons (Fsp3) is 0.174.